The third kappa shape index (κ3) is 5.29. The molecule has 2 heterocycles. The van der Waals surface area contributed by atoms with Crippen LogP contribution in [-0.4, -0.2) is 4.57 Å². The Hall–Kier alpha value is -7.88. The first-order valence-electron chi connectivity index (χ1n) is 20.2. The lowest BCUT2D eigenvalue weighted by molar-refractivity contribution is 0.670. The molecule has 3 heteroatoms. The number of para-hydroxylation sites is 5. The maximum absolute atomic E-state index is 6.83. The zero-order chi connectivity index (χ0) is 38.9. The molecule has 0 aliphatic rings. The van der Waals surface area contributed by atoms with Crippen LogP contribution >= 0.6 is 0 Å². The fourth-order valence-electron chi connectivity index (χ4n) is 9.33. The molecule has 12 rings (SSSR count). The molecule has 10 aromatic carbocycles. The van der Waals surface area contributed by atoms with E-state index in [0.717, 1.165) is 55.8 Å². The number of nitrogens with zero attached hydrogens (tertiary/aromatic N) is 2. The van der Waals surface area contributed by atoms with E-state index in [0.29, 0.717) is 0 Å². The summed E-state index contributed by atoms with van der Waals surface area (Å²) in [6.45, 7) is 0. The number of aromatic nitrogens is 1. The second-order valence-electron chi connectivity index (χ2n) is 15.3. The lowest BCUT2D eigenvalue weighted by Gasteiger charge is -2.27. The van der Waals surface area contributed by atoms with Crippen molar-refractivity contribution in [1.29, 1.82) is 0 Å². The smallest absolute Gasteiger partial charge is 0.143 e. The van der Waals surface area contributed by atoms with Gasteiger partial charge in [-0.1, -0.05) is 152 Å². The zero-order valence-corrected chi connectivity index (χ0v) is 32.1. The minimum atomic E-state index is 0.869. The van der Waals surface area contributed by atoms with Crippen molar-refractivity contribution < 1.29 is 4.42 Å². The molecule has 0 bridgehead atoms. The standard InChI is InChI=1S/C56H36N2O/c1-2-17-39(18-3-1)57(40-32-30-37(31-33-40)49-34-38-16-4-5-19-42(38)43-20-6-7-21-44(43)49)41-35-50(56-51(36-41)48-25-11-15-29-55(48)59-56)47-24-10-14-28-54(47)58-52-26-12-8-22-45(52)46-23-9-13-27-53(46)58/h1-36H. The van der Waals surface area contributed by atoms with Gasteiger partial charge in [0.05, 0.1) is 16.7 Å². The molecule has 0 spiro atoms. The van der Waals surface area contributed by atoms with Crippen molar-refractivity contribution in [2.45, 2.75) is 0 Å². The average molecular weight is 753 g/mol. The van der Waals surface area contributed by atoms with Crippen molar-refractivity contribution in [3.63, 3.8) is 0 Å². The second kappa shape index (κ2) is 13.4. The van der Waals surface area contributed by atoms with Crippen molar-refractivity contribution in [2.24, 2.45) is 0 Å². The van der Waals surface area contributed by atoms with E-state index in [2.05, 4.69) is 222 Å². The van der Waals surface area contributed by atoms with Crippen molar-refractivity contribution in [1.82, 2.24) is 4.57 Å². The molecule has 276 valence electrons. The van der Waals surface area contributed by atoms with Crippen LogP contribution in [-0.2, 0) is 0 Å². The third-order valence-corrected chi connectivity index (χ3v) is 12.0. The van der Waals surface area contributed by atoms with Crippen LogP contribution in [0.25, 0.3) is 93.2 Å². The number of hydrogen-bond donors (Lipinski definition) is 0. The number of anilines is 3. The van der Waals surface area contributed by atoms with Gasteiger partial charge in [0.15, 0.2) is 0 Å². The molecule has 2 aromatic heterocycles. The van der Waals surface area contributed by atoms with Gasteiger partial charge in [-0.25, -0.2) is 0 Å². The van der Waals surface area contributed by atoms with Crippen LogP contribution in [0.3, 0.4) is 0 Å². The van der Waals surface area contributed by atoms with Crippen LogP contribution in [0.1, 0.15) is 0 Å². The quantitative estimate of drug-likeness (QED) is 0.158. The highest BCUT2D eigenvalue weighted by atomic mass is 16.3. The van der Waals surface area contributed by atoms with Gasteiger partial charge in [-0.15, -0.1) is 0 Å². The highest BCUT2D eigenvalue weighted by Gasteiger charge is 2.23. The van der Waals surface area contributed by atoms with Gasteiger partial charge in [-0.2, -0.15) is 0 Å². The molecule has 0 atom stereocenters. The summed E-state index contributed by atoms with van der Waals surface area (Å²) >= 11 is 0. The largest absolute Gasteiger partial charge is 0.455 e. The normalized spacial score (nSPS) is 11.7. The first-order valence-corrected chi connectivity index (χ1v) is 20.2. The van der Waals surface area contributed by atoms with Crippen LogP contribution < -0.4 is 4.90 Å². The highest BCUT2D eigenvalue weighted by Crippen LogP contribution is 2.46. The lowest BCUT2D eigenvalue weighted by Crippen LogP contribution is -2.10. The van der Waals surface area contributed by atoms with E-state index in [9.17, 15) is 0 Å². The predicted molar refractivity (Wildman–Crippen MR) is 249 cm³/mol. The number of rotatable bonds is 6. The van der Waals surface area contributed by atoms with E-state index in [1.54, 1.807) is 0 Å². The van der Waals surface area contributed by atoms with Gasteiger partial charge in [0, 0.05) is 49.7 Å². The fourth-order valence-corrected chi connectivity index (χ4v) is 9.33. The number of benzene rings is 10. The summed E-state index contributed by atoms with van der Waals surface area (Å²) < 4.78 is 9.24. The van der Waals surface area contributed by atoms with Gasteiger partial charge in [0.2, 0.25) is 0 Å². The first-order chi connectivity index (χ1) is 29.3. The number of furan rings is 1. The van der Waals surface area contributed by atoms with E-state index in [4.69, 9.17) is 4.42 Å². The minimum Gasteiger partial charge on any atom is -0.455 e. The molecular formula is C56H36N2O. The summed E-state index contributed by atoms with van der Waals surface area (Å²) in [5.74, 6) is 0. The summed E-state index contributed by atoms with van der Waals surface area (Å²) in [6, 6.07) is 78.6. The second-order valence-corrected chi connectivity index (χ2v) is 15.3. The van der Waals surface area contributed by atoms with Crippen molar-refractivity contribution in [3.05, 3.63) is 218 Å². The summed E-state index contributed by atoms with van der Waals surface area (Å²) in [6.07, 6.45) is 0. The first kappa shape index (κ1) is 33.3. The summed E-state index contributed by atoms with van der Waals surface area (Å²) in [5.41, 5.74) is 12.9. The lowest BCUT2D eigenvalue weighted by atomic mass is 9.93. The average Bonchev–Trinajstić information content (AvgIpc) is 3.85. The Morgan fingerprint density at radius 3 is 1.68 bits per heavy atom. The molecule has 59 heavy (non-hydrogen) atoms. The van der Waals surface area contributed by atoms with E-state index in [-0.39, 0.29) is 0 Å². The molecule has 0 aliphatic heterocycles. The third-order valence-electron chi connectivity index (χ3n) is 12.0. The van der Waals surface area contributed by atoms with Crippen LogP contribution in [0.4, 0.5) is 17.1 Å². The number of hydrogen-bond acceptors (Lipinski definition) is 2. The zero-order valence-electron chi connectivity index (χ0n) is 32.1. The van der Waals surface area contributed by atoms with Gasteiger partial charge in [0.25, 0.3) is 0 Å². The van der Waals surface area contributed by atoms with E-state index in [1.165, 1.54) is 54.5 Å². The van der Waals surface area contributed by atoms with Crippen LogP contribution in [0.15, 0.2) is 223 Å². The molecule has 3 nitrogen and oxygen atoms in total. The van der Waals surface area contributed by atoms with Gasteiger partial charge < -0.3 is 13.9 Å². The monoisotopic (exact) mass is 752 g/mol. The maximum atomic E-state index is 6.83. The van der Waals surface area contributed by atoms with Crippen LogP contribution in [0.5, 0.6) is 0 Å². The molecule has 0 unspecified atom stereocenters. The Bertz CT molecular complexity index is 3500. The maximum Gasteiger partial charge on any atom is 0.143 e. The molecule has 0 N–H and O–H groups in total. The van der Waals surface area contributed by atoms with Crippen LogP contribution in [0.2, 0.25) is 0 Å². The Balaban J connectivity index is 1.09. The van der Waals surface area contributed by atoms with Gasteiger partial charge in [-0.05, 0) is 99.4 Å². The molecule has 0 radical (unpaired) electrons. The SMILES string of the molecule is c1ccc(N(c2ccc(-c3cc4ccccc4c4ccccc34)cc2)c2cc(-c3ccccc3-n3c4ccccc4c4ccccc43)c3oc4ccccc4c3c2)cc1. The Labute approximate surface area is 341 Å². The Morgan fingerprint density at radius 2 is 0.915 bits per heavy atom. The fraction of sp³-hybridized carbons (Fsp3) is 0. The van der Waals surface area contributed by atoms with E-state index in [1.807, 2.05) is 6.07 Å². The molecule has 0 aliphatic carbocycles. The molecule has 0 saturated carbocycles. The molecule has 0 amide bonds. The number of fused-ring (bicyclic) bond motifs is 9. The van der Waals surface area contributed by atoms with E-state index < -0.39 is 0 Å². The van der Waals surface area contributed by atoms with Gasteiger partial charge in [-0.3, -0.25) is 0 Å². The summed E-state index contributed by atoms with van der Waals surface area (Å²) in [7, 11) is 0. The van der Waals surface area contributed by atoms with Gasteiger partial charge in [0.1, 0.15) is 11.2 Å². The summed E-state index contributed by atoms with van der Waals surface area (Å²) in [5, 5.41) is 9.67. The van der Waals surface area contributed by atoms with Gasteiger partial charge >= 0.3 is 0 Å². The van der Waals surface area contributed by atoms with E-state index >= 15 is 0 Å². The molecule has 0 fully saturated rings. The molecule has 12 aromatic rings. The Morgan fingerprint density at radius 1 is 0.339 bits per heavy atom. The predicted octanol–water partition coefficient (Wildman–Crippen LogP) is 15.8. The van der Waals surface area contributed by atoms with Crippen LogP contribution in [0, 0.1) is 0 Å². The Kier molecular flexibility index (Phi) is 7.54. The summed E-state index contributed by atoms with van der Waals surface area (Å²) in [4.78, 5) is 2.37. The highest BCUT2D eigenvalue weighted by molar-refractivity contribution is 6.15. The van der Waals surface area contributed by atoms with Crippen molar-refractivity contribution in [2.75, 3.05) is 4.90 Å². The van der Waals surface area contributed by atoms with Crippen molar-refractivity contribution in [3.8, 4) is 27.9 Å². The molecule has 0 saturated heterocycles. The van der Waals surface area contributed by atoms with Crippen molar-refractivity contribution >= 4 is 82.4 Å². The minimum absolute atomic E-state index is 0.869. The molecular weight excluding hydrogens is 717 g/mol. The topological polar surface area (TPSA) is 21.3 Å².